The van der Waals surface area contributed by atoms with Crippen molar-refractivity contribution in [3.63, 3.8) is 0 Å². The van der Waals surface area contributed by atoms with Crippen LogP contribution in [0.3, 0.4) is 0 Å². The van der Waals surface area contributed by atoms with Gasteiger partial charge in [0, 0.05) is 26.2 Å². The largest absolute Gasteiger partial charge is 0.377 e. The van der Waals surface area contributed by atoms with Gasteiger partial charge in [-0.3, -0.25) is 4.99 Å². The van der Waals surface area contributed by atoms with Crippen LogP contribution in [0, 0.1) is 0 Å². The third-order valence-electron chi connectivity index (χ3n) is 2.44. The topological polar surface area (TPSA) is 48.9 Å². The summed E-state index contributed by atoms with van der Waals surface area (Å²) < 4.78 is 5.71. The number of hydrogen-bond acceptors (Lipinski definition) is 3. The summed E-state index contributed by atoms with van der Waals surface area (Å²) in [6.45, 7) is 10.4. The maximum absolute atomic E-state index is 5.71. The third kappa shape index (κ3) is 12.7. The van der Waals surface area contributed by atoms with Gasteiger partial charge in [-0.15, -0.1) is 24.0 Å². The molecule has 0 fully saturated rings. The minimum absolute atomic E-state index is 0. The van der Waals surface area contributed by atoms with E-state index >= 15 is 0 Å². The van der Waals surface area contributed by atoms with E-state index in [-0.39, 0.29) is 30.1 Å². The lowest BCUT2D eigenvalue weighted by Crippen LogP contribution is -2.38. The zero-order valence-corrected chi connectivity index (χ0v) is 15.4. The molecule has 1 unspecified atom stereocenters. The van der Waals surface area contributed by atoms with E-state index in [1.165, 1.54) is 0 Å². The van der Waals surface area contributed by atoms with Crippen LogP contribution in [0.15, 0.2) is 4.99 Å². The highest BCUT2D eigenvalue weighted by atomic mass is 127. The first kappa shape index (κ1) is 21.2. The van der Waals surface area contributed by atoms with E-state index in [1.54, 1.807) is 0 Å². The maximum atomic E-state index is 5.71. The van der Waals surface area contributed by atoms with Crippen LogP contribution in [-0.4, -0.2) is 63.8 Å². The van der Waals surface area contributed by atoms with Gasteiger partial charge < -0.3 is 20.3 Å². The summed E-state index contributed by atoms with van der Waals surface area (Å²) in [5.41, 5.74) is 0. The molecular formula is C13H31IN4O. The molecule has 116 valence electrons. The summed E-state index contributed by atoms with van der Waals surface area (Å²) in [4.78, 5) is 6.72. The molecule has 2 N–H and O–H groups in total. The zero-order chi connectivity index (χ0) is 13.8. The molecule has 0 spiro atoms. The number of rotatable bonds is 9. The molecule has 0 heterocycles. The number of ether oxygens (including phenoxy) is 1. The Bertz CT molecular complexity index is 217. The SMILES string of the molecule is CCNC(=NCC(CCN(C)C)OCC)NCC.I. The summed E-state index contributed by atoms with van der Waals surface area (Å²) in [6.07, 6.45) is 1.21. The quantitative estimate of drug-likeness (QED) is 0.359. The van der Waals surface area contributed by atoms with Gasteiger partial charge in [0.15, 0.2) is 5.96 Å². The van der Waals surface area contributed by atoms with Crippen molar-refractivity contribution < 1.29 is 4.74 Å². The van der Waals surface area contributed by atoms with Crippen molar-refractivity contribution in [2.24, 2.45) is 4.99 Å². The van der Waals surface area contributed by atoms with Crippen LogP contribution in [0.5, 0.6) is 0 Å². The number of nitrogens with zero attached hydrogens (tertiary/aromatic N) is 2. The Hall–Kier alpha value is -0.0800. The second-order valence-electron chi connectivity index (χ2n) is 4.42. The Morgan fingerprint density at radius 2 is 1.74 bits per heavy atom. The molecule has 0 bridgehead atoms. The van der Waals surface area contributed by atoms with E-state index in [1.807, 2.05) is 6.92 Å². The number of nitrogens with one attached hydrogen (secondary N) is 2. The third-order valence-corrected chi connectivity index (χ3v) is 2.44. The molecule has 0 aliphatic rings. The molecule has 0 rings (SSSR count). The average molecular weight is 386 g/mol. The fraction of sp³-hybridized carbons (Fsp3) is 0.923. The lowest BCUT2D eigenvalue weighted by molar-refractivity contribution is 0.0582. The van der Waals surface area contributed by atoms with Crippen LogP contribution in [0.25, 0.3) is 0 Å². The standard InChI is InChI=1S/C13H30N4O.HI/c1-6-14-13(15-7-2)16-11-12(18-8-3)9-10-17(4)5;/h12H,6-11H2,1-5H3,(H2,14,15,16);1H. The molecule has 0 aliphatic heterocycles. The van der Waals surface area contributed by atoms with Crippen LogP contribution in [0.2, 0.25) is 0 Å². The molecule has 5 nitrogen and oxygen atoms in total. The Balaban J connectivity index is 0. The molecule has 1 atom stereocenters. The van der Waals surface area contributed by atoms with Crippen molar-refractivity contribution in [3.8, 4) is 0 Å². The first-order valence-electron chi connectivity index (χ1n) is 6.92. The zero-order valence-electron chi connectivity index (χ0n) is 13.0. The van der Waals surface area contributed by atoms with Gasteiger partial charge in [0.2, 0.25) is 0 Å². The van der Waals surface area contributed by atoms with Crippen LogP contribution in [-0.2, 0) is 4.74 Å². The minimum Gasteiger partial charge on any atom is -0.377 e. The van der Waals surface area contributed by atoms with E-state index in [4.69, 9.17) is 4.74 Å². The number of hydrogen-bond donors (Lipinski definition) is 2. The number of halogens is 1. The summed E-state index contributed by atoms with van der Waals surface area (Å²) in [5.74, 6) is 0.870. The maximum Gasteiger partial charge on any atom is 0.191 e. The predicted molar refractivity (Wildman–Crippen MR) is 93.7 cm³/mol. The van der Waals surface area contributed by atoms with Gasteiger partial charge in [0.1, 0.15) is 0 Å². The lowest BCUT2D eigenvalue weighted by Gasteiger charge is -2.18. The molecule has 0 aromatic rings. The highest BCUT2D eigenvalue weighted by molar-refractivity contribution is 14.0. The molecule has 0 aliphatic carbocycles. The molecular weight excluding hydrogens is 355 g/mol. The summed E-state index contributed by atoms with van der Waals surface area (Å²) in [5, 5.41) is 6.44. The Kier molecular flexibility index (Phi) is 16.0. The second-order valence-corrected chi connectivity index (χ2v) is 4.42. The molecule has 19 heavy (non-hydrogen) atoms. The van der Waals surface area contributed by atoms with Crippen molar-refractivity contribution >= 4 is 29.9 Å². The lowest BCUT2D eigenvalue weighted by atomic mass is 10.2. The van der Waals surface area contributed by atoms with Gasteiger partial charge in [-0.2, -0.15) is 0 Å². The molecule has 6 heteroatoms. The van der Waals surface area contributed by atoms with Crippen molar-refractivity contribution in [2.45, 2.75) is 33.3 Å². The van der Waals surface area contributed by atoms with Gasteiger partial charge in [-0.25, -0.2) is 0 Å². The summed E-state index contributed by atoms with van der Waals surface area (Å²) in [7, 11) is 4.16. The average Bonchev–Trinajstić information content (AvgIpc) is 2.33. The first-order valence-corrected chi connectivity index (χ1v) is 6.92. The van der Waals surface area contributed by atoms with E-state index in [9.17, 15) is 0 Å². The van der Waals surface area contributed by atoms with Gasteiger partial charge in [-0.1, -0.05) is 0 Å². The Labute approximate surface area is 135 Å². The van der Waals surface area contributed by atoms with E-state index in [0.717, 1.165) is 38.6 Å². The first-order chi connectivity index (χ1) is 8.63. The Morgan fingerprint density at radius 3 is 2.16 bits per heavy atom. The highest BCUT2D eigenvalue weighted by Gasteiger charge is 2.08. The molecule has 0 aromatic carbocycles. The highest BCUT2D eigenvalue weighted by Crippen LogP contribution is 2.00. The van der Waals surface area contributed by atoms with Crippen molar-refractivity contribution in [3.05, 3.63) is 0 Å². The van der Waals surface area contributed by atoms with Crippen LogP contribution >= 0.6 is 24.0 Å². The van der Waals surface area contributed by atoms with Gasteiger partial charge in [-0.05, 0) is 41.3 Å². The summed E-state index contributed by atoms with van der Waals surface area (Å²) >= 11 is 0. The number of guanidine groups is 1. The second kappa shape index (κ2) is 14.3. The van der Waals surface area contributed by atoms with Crippen LogP contribution in [0.4, 0.5) is 0 Å². The minimum atomic E-state index is 0. The summed E-state index contributed by atoms with van der Waals surface area (Å²) in [6, 6.07) is 0. The van der Waals surface area contributed by atoms with Crippen molar-refractivity contribution in [1.82, 2.24) is 15.5 Å². The van der Waals surface area contributed by atoms with Crippen molar-refractivity contribution in [2.75, 3.05) is 46.9 Å². The fourth-order valence-corrected chi connectivity index (χ4v) is 1.57. The van der Waals surface area contributed by atoms with Crippen molar-refractivity contribution in [1.29, 1.82) is 0 Å². The monoisotopic (exact) mass is 386 g/mol. The van der Waals surface area contributed by atoms with E-state index < -0.39 is 0 Å². The predicted octanol–water partition coefficient (Wildman–Crippen LogP) is 1.54. The van der Waals surface area contributed by atoms with E-state index in [0.29, 0.717) is 6.54 Å². The fourth-order valence-electron chi connectivity index (χ4n) is 1.57. The van der Waals surface area contributed by atoms with Crippen LogP contribution < -0.4 is 10.6 Å². The smallest absolute Gasteiger partial charge is 0.191 e. The molecule has 0 saturated heterocycles. The molecule has 0 amide bonds. The van der Waals surface area contributed by atoms with E-state index in [2.05, 4.69) is 48.5 Å². The molecule has 0 saturated carbocycles. The molecule has 0 aromatic heterocycles. The number of aliphatic imine (C=N–C) groups is 1. The Morgan fingerprint density at radius 1 is 1.16 bits per heavy atom. The van der Waals surface area contributed by atoms with Crippen LogP contribution in [0.1, 0.15) is 27.2 Å². The van der Waals surface area contributed by atoms with Gasteiger partial charge >= 0.3 is 0 Å². The van der Waals surface area contributed by atoms with Gasteiger partial charge in [0.25, 0.3) is 0 Å². The van der Waals surface area contributed by atoms with Gasteiger partial charge in [0.05, 0.1) is 12.6 Å². The molecule has 0 radical (unpaired) electrons. The normalized spacial score (nSPS) is 11.7.